The maximum absolute atomic E-state index is 12.5. The van der Waals surface area contributed by atoms with Crippen LogP contribution in [-0.2, 0) is 16.1 Å². The Kier molecular flexibility index (Phi) is 5.24. The molecule has 0 bridgehead atoms. The predicted octanol–water partition coefficient (Wildman–Crippen LogP) is 3.90. The van der Waals surface area contributed by atoms with Gasteiger partial charge in [-0.3, -0.25) is 14.6 Å². The fraction of sp³-hybridized carbons (Fsp3) is 0.211. The largest absolute Gasteiger partial charge is 0.329 e. The number of nitrogens with zero attached hydrogens (tertiary/aromatic N) is 3. The molecule has 0 atom stereocenters. The van der Waals surface area contributed by atoms with Crippen LogP contribution in [0, 0.1) is 0 Å². The van der Waals surface area contributed by atoms with E-state index < -0.39 is 11.8 Å². The molecule has 4 rings (SSSR count). The summed E-state index contributed by atoms with van der Waals surface area (Å²) in [6.45, 7) is 1.93. The molecule has 27 heavy (non-hydrogen) atoms. The average molecular weight is 418 g/mol. The Labute approximate surface area is 169 Å². The number of rotatable bonds is 5. The number of carbonyl (C=O) groups is 2. The van der Waals surface area contributed by atoms with Gasteiger partial charge in [0.05, 0.1) is 21.1 Å². The summed E-state index contributed by atoms with van der Waals surface area (Å²) in [7, 11) is 0. The third kappa shape index (κ3) is 4.05. The molecule has 0 N–H and O–H groups in total. The number of piperazine rings is 1. The van der Waals surface area contributed by atoms with Gasteiger partial charge in [-0.25, -0.2) is 0 Å². The highest BCUT2D eigenvalue weighted by Crippen LogP contribution is 2.25. The van der Waals surface area contributed by atoms with Gasteiger partial charge in [0.15, 0.2) is 0 Å². The minimum atomic E-state index is -0.450. The Hall–Kier alpha value is -2.22. The Bertz CT molecular complexity index is 994. The normalized spacial score (nSPS) is 15.4. The second-order valence-corrected chi connectivity index (χ2v) is 9.04. The first kappa shape index (κ1) is 18.2. The van der Waals surface area contributed by atoms with Gasteiger partial charge < -0.3 is 9.80 Å². The second kappa shape index (κ2) is 7.80. The third-order valence-corrected chi connectivity index (χ3v) is 6.55. The molecule has 3 aromatic heterocycles. The zero-order valence-electron chi connectivity index (χ0n) is 14.3. The van der Waals surface area contributed by atoms with Gasteiger partial charge in [0, 0.05) is 35.6 Å². The first-order valence-electron chi connectivity index (χ1n) is 8.43. The molecule has 3 aromatic rings. The van der Waals surface area contributed by atoms with E-state index in [0.29, 0.717) is 26.2 Å². The number of amides is 2. The van der Waals surface area contributed by atoms with Crippen molar-refractivity contribution in [2.24, 2.45) is 0 Å². The number of hydrogen-bond donors (Lipinski definition) is 0. The van der Waals surface area contributed by atoms with Crippen LogP contribution >= 0.6 is 34.3 Å². The zero-order valence-corrected chi connectivity index (χ0v) is 16.7. The van der Waals surface area contributed by atoms with Crippen molar-refractivity contribution in [1.82, 2.24) is 14.8 Å². The monoisotopic (exact) mass is 417 g/mol. The van der Waals surface area contributed by atoms with Crippen molar-refractivity contribution in [1.29, 1.82) is 0 Å². The number of hydrogen-bond acceptors (Lipinski definition) is 5. The first-order valence-corrected chi connectivity index (χ1v) is 10.4. The molecule has 4 heterocycles. The topological polar surface area (TPSA) is 53.5 Å². The summed E-state index contributed by atoms with van der Waals surface area (Å²) in [6.07, 6.45) is 5.56. The zero-order chi connectivity index (χ0) is 18.8. The van der Waals surface area contributed by atoms with E-state index in [4.69, 9.17) is 11.6 Å². The summed E-state index contributed by atoms with van der Waals surface area (Å²) >= 11 is 8.99. The summed E-state index contributed by atoms with van der Waals surface area (Å²) in [5.74, 6) is -0.895. The Morgan fingerprint density at radius 1 is 1.11 bits per heavy atom. The molecule has 5 nitrogen and oxygen atoms in total. The predicted molar refractivity (Wildman–Crippen MR) is 110 cm³/mol. The van der Waals surface area contributed by atoms with Crippen molar-refractivity contribution < 1.29 is 9.59 Å². The van der Waals surface area contributed by atoms with Crippen LogP contribution < -0.4 is 0 Å². The quantitative estimate of drug-likeness (QED) is 0.591. The smallest absolute Gasteiger partial charge is 0.312 e. The fourth-order valence-electron chi connectivity index (χ4n) is 2.94. The van der Waals surface area contributed by atoms with E-state index in [1.807, 2.05) is 42.5 Å². The molecule has 0 aromatic carbocycles. The van der Waals surface area contributed by atoms with Gasteiger partial charge >= 0.3 is 11.8 Å². The van der Waals surface area contributed by atoms with E-state index in [0.717, 1.165) is 24.3 Å². The van der Waals surface area contributed by atoms with E-state index in [1.54, 1.807) is 27.3 Å². The van der Waals surface area contributed by atoms with E-state index in [-0.39, 0.29) is 0 Å². The Balaban J connectivity index is 1.37. The summed E-state index contributed by atoms with van der Waals surface area (Å²) in [5, 5.41) is 0. The molecule has 0 radical (unpaired) electrons. The minimum absolute atomic E-state index is 0.417. The number of thiophene rings is 2. The van der Waals surface area contributed by atoms with Gasteiger partial charge in [-0.1, -0.05) is 17.7 Å². The van der Waals surface area contributed by atoms with Gasteiger partial charge in [-0.2, -0.15) is 0 Å². The molecule has 8 heteroatoms. The van der Waals surface area contributed by atoms with E-state index in [1.165, 1.54) is 11.3 Å². The van der Waals surface area contributed by atoms with Crippen molar-refractivity contribution >= 4 is 62.4 Å². The van der Waals surface area contributed by atoms with Crippen LogP contribution in [0.4, 0.5) is 0 Å². The maximum atomic E-state index is 12.5. The fourth-order valence-corrected chi connectivity index (χ4v) is 4.97. The van der Waals surface area contributed by atoms with Crippen LogP contribution in [0.3, 0.4) is 0 Å². The SMILES string of the molecule is O=C1C(=O)N(Cc2cc3ncccc3s2)CCN1C/C=C/c1ccc(Cl)s1. The van der Waals surface area contributed by atoms with Gasteiger partial charge in [0.25, 0.3) is 0 Å². The van der Waals surface area contributed by atoms with Crippen molar-refractivity contribution in [3.05, 3.63) is 56.7 Å². The van der Waals surface area contributed by atoms with Crippen molar-refractivity contribution in [2.75, 3.05) is 19.6 Å². The van der Waals surface area contributed by atoms with E-state index >= 15 is 0 Å². The van der Waals surface area contributed by atoms with Crippen LogP contribution in [0.1, 0.15) is 9.75 Å². The molecule has 1 fully saturated rings. The lowest BCUT2D eigenvalue weighted by atomic mass is 10.2. The van der Waals surface area contributed by atoms with Crippen LogP contribution in [0.25, 0.3) is 16.3 Å². The maximum Gasteiger partial charge on any atom is 0.312 e. The molecule has 0 saturated carbocycles. The van der Waals surface area contributed by atoms with Crippen molar-refractivity contribution in [2.45, 2.75) is 6.54 Å². The lowest BCUT2D eigenvalue weighted by Gasteiger charge is -2.32. The summed E-state index contributed by atoms with van der Waals surface area (Å²) in [4.78, 5) is 34.5. The van der Waals surface area contributed by atoms with Crippen LogP contribution in [0.2, 0.25) is 4.34 Å². The number of aromatic nitrogens is 1. The highest BCUT2D eigenvalue weighted by molar-refractivity contribution is 7.19. The van der Waals surface area contributed by atoms with Gasteiger partial charge in [0.2, 0.25) is 0 Å². The molecule has 138 valence electrons. The average Bonchev–Trinajstić information content (AvgIpc) is 3.26. The summed E-state index contributed by atoms with van der Waals surface area (Å²) in [6, 6.07) is 9.65. The van der Waals surface area contributed by atoms with Gasteiger partial charge in [-0.05, 0) is 36.4 Å². The standard InChI is InChI=1S/C19H16ClN3O2S2/c20-17-6-5-13(27-17)3-2-8-22-9-10-23(19(25)18(22)24)12-14-11-15-16(26-14)4-1-7-21-15/h1-7,11H,8-10,12H2/b3-2+. The third-order valence-electron chi connectivity index (χ3n) is 4.28. The van der Waals surface area contributed by atoms with Crippen LogP contribution in [-0.4, -0.2) is 46.2 Å². The molecule has 0 aliphatic carbocycles. The van der Waals surface area contributed by atoms with Crippen molar-refractivity contribution in [3.8, 4) is 0 Å². The molecular formula is C19H16ClN3O2S2. The number of pyridine rings is 1. The molecule has 0 spiro atoms. The highest BCUT2D eigenvalue weighted by Gasteiger charge is 2.32. The van der Waals surface area contributed by atoms with Crippen molar-refractivity contribution in [3.63, 3.8) is 0 Å². The minimum Gasteiger partial charge on any atom is -0.329 e. The van der Waals surface area contributed by atoms with E-state index in [2.05, 4.69) is 4.98 Å². The number of carbonyl (C=O) groups excluding carboxylic acids is 2. The van der Waals surface area contributed by atoms with Gasteiger partial charge in [0.1, 0.15) is 0 Å². The Morgan fingerprint density at radius 3 is 2.70 bits per heavy atom. The lowest BCUT2D eigenvalue weighted by Crippen LogP contribution is -2.53. The Morgan fingerprint density at radius 2 is 1.93 bits per heavy atom. The second-order valence-electron chi connectivity index (χ2n) is 6.12. The summed E-state index contributed by atoms with van der Waals surface area (Å²) in [5.41, 5.74) is 0.925. The van der Waals surface area contributed by atoms with Crippen LogP contribution in [0.5, 0.6) is 0 Å². The van der Waals surface area contributed by atoms with Crippen LogP contribution in [0.15, 0.2) is 42.6 Å². The van der Waals surface area contributed by atoms with Gasteiger partial charge in [-0.15, -0.1) is 22.7 Å². The lowest BCUT2D eigenvalue weighted by molar-refractivity contribution is -0.155. The molecular weight excluding hydrogens is 402 g/mol. The van der Waals surface area contributed by atoms with E-state index in [9.17, 15) is 9.59 Å². The molecule has 1 aliphatic heterocycles. The number of fused-ring (bicyclic) bond motifs is 1. The molecule has 1 saturated heterocycles. The molecule has 1 aliphatic rings. The molecule has 0 unspecified atom stereocenters. The highest BCUT2D eigenvalue weighted by atomic mass is 35.5. The molecule has 2 amide bonds. The summed E-state index contributed by atoms with van der Waals surface area (Å²) < 4.78 is 1.81. The number of halogens is 1. The first-order chi connectivity index (χ1) is 13.1.